The Kier molecular flexibility index (Phi) is 5.23. The van der Waals surface area contributed by atoms with Crippen LogP contribution in [0.15, 0.2) is 12.1 Å². The zero-order chi connectivity index (χ0) is 13.5. The van der Waals surface area contributed by atoms with Crippen molar-refractivity contribution >= 4 is 17.4 Å². The zero-order valence-electron chi connectivity index (χ0n) is 11.1. The monoisotopic (exact) mass is 252 g/mol. The van der Waals surface area contributed by atoms with E-state index in [1.165, 1.54) is 0 Å². The van der Waals surface area contributed by atoms with E-state index in [0.717, 1.165) is 5.82 Å². The highest BCUT2D eigenvalue weighted by Gasteiger charge is 2.08. The van der Waals surface area contributed by atoms with Crippen LogP contribution in [-0.2, 0) is 4.79 Å². The van der Waals surface area contributed by atoms with E-state index in [9.17, 15) is 4.79 Å². The Morgan fingerprint density at radius 3 is 2.89 bits per heavy atom. The molecule has 1 heterocycles. The van der Waals surface area contributed by atoms with Crippen LogP contribution in [0.1, 0.15) is 13.3 Å². The third kappa shape index (κ3) is 3.80. The van der Waals surface area contributed by atoms with Crippen LogP contribution in [0.25, 0.3) is 0 Å². The standard InChI is InChI=1S/C12H20N4O2/c1-4-18-12-9(13)5-6-10(15-12)16(3)8-7-11(17)14-2/h5-6H,4,7-8,13H2,1-3H3,(H,14,17). The van der Waals surface area contributed by atoms with Gasteiger partial charge in [-0.2, -0.15) is 4.98 Å². The second-order valence-corrected chi connectivity index (χ2v) is 3.84. The summed E-state index contributed by atoms with van der Waals surface area (Å²) < 4.78 is 5.33. The van der Waals surface area contributed by atoms with E-state index in [1.54, 1.807) is 13.1 Å². The van der Waals surface area contributed by atoms with Crippen LogP contribution < -0.4 is 20.7 Å². The van der Waals surface area contributed by atoms with Crippen LogP contribution in [0.4, 0.5) is 11.5 Å². The molecule has 0 aromatic carbocycles. The van der Waals surface area contributed by atoms with E-state index in [0.29, 0.717) is 31.1 Å². The Balaban J connectivity index is 2.70. The van der Waals surface area contributed by atoms with E-state index < -0.39 is 0 Å². The number of amides is 1. The first-order chi connectivity index (χ1) is 8.58. The van der Waals surface area contributed by atoms with Crippen LogP contribution >= 0.6 is 0 Å². The maximum absolute atomic E-state index is 11.2. The number of nitrogen functional groups attached to an aromatic ring is 1. The molecule has 6 heteroatoms. The molecule has 0 aliphatic carbocycles. The molecular formula is C12H20N4O2. The summed E-state index contributed by atoms with van der Waals surface area (Å²) in [6, 6.07) is 3.56. The first-order valence-electron chi connectivity index (χ1n) is 5.89. The van der Waals surface area contributed by atoms with Crippen molar-refractivity contribution in [1.29, 1.82) is 0 Å². The number of anilines is 2. The molecule has 1 aromatic heterocycles. The smallest absolute Gasteiger partial charge is 0.239 e. The number of nitrogens with one attached hydrogen (secondary N) is 1. The summed E-state index contributed by atoms with van der Waals surface area (Å²) >= 11 is 0. The summed E-state index contributed by atoms with van der Waals surface area (Å²) in [6.07, 6.45) is 0.420. The lowest BCUT2D eigenvalue weighted by Crippen LogP contribution is -2.26. The van der Waals surface area contributed by atoms with Gasteiger partial charge < -0.3 is 20.7 Å². The summed E-state index contributed by atoms with van der Waals surface area (Å²) in [6.45, 7) is 2.98. The van der Waals surface area contributed by atoms with E-state index in [2.05, 4.69) is 10.3 Å². The molecule has 1 rings (SSSR count). The maximum Gasteiger partial charge on any atom is 0.239 e. The predicted octanol–water partition coefficient (Wildman–Crippen LogP) is 0.635. The molecule has 6 nitrogen and oxygen atoms in total. The number of pyridine rings is 1. The molecule has 0 saturated carbocycles. The molecule has 0 unspecified atom stereocenters. The lowest BCUT2D eigenvalue weighted by molar-refractivity contribution is -0.120. The first-order valence-corrected chi connectivity index (χ1v) is 5.89. The number of nitrogens with two attached hydrogens (primary N) is 1. The van der Waals surface area contributed by atoms with Gasteiger partial charge >= 0.3 is 0 Å². The predicted molar refractivity (Wildman–Crippen MR) is 71.8 cm³/mol. The highest BCUT2D eigenvalue weighted by molar-refractivity contribution is 5.76. The normalized spacial score (nSPS) is 9.94. The summed E-state index contributed by atoms with van der Waals surface area (Å²) in [7, 11) is 3.49. The van der Waals surface area contributed by atoms with Crippen LogP contribution in [0.2, 0.25) is 0 Å². The van der Waals surface area contributed by atoms with Gasteiger partial charge in [0, 0.05) is 27.1 Å². The number of hydrogen-bond acceptors (Lipinski definition) is 5. The van der Waals surface area contributed by atoms with Crippen LogP contribution in [0, 0.1) is 0 Å². The fourth-order valence-corrected chi connectivity index (χ4v) is 1.42. The minimum absolute atomic E-state index is 0.00215. The van der Waals surface area contributed by atoms with Gasteiger partial charge in [-0.15, -0.1) is 0 Å². The third-order valence-corrected chi connectivity index (χ3v) is 2.50. The van der Waals surface area contributed by atoms with Crippen molar-refractivity contribution in [3.05, 3.63) is 12.1 Å². The van der Waals surface area contributed by atoms with E-state index in [-0.39, 0.29) is 5.91 Å². The summed E-state index contributed by atoms with van der Waals surface area (Å²) in [5.41, 5.74) is 6.26. The average Bonchev–Trinajstić information content (AvgIpc) is 2.38. The number of carbonyl (C=O) groups is 1. The van der Waals surface area contributed by atoms with Crippen molar-refractivity contribution in [1.82, 2.24) is 10.3 Å². The number of carbonyl (C=O) groups excluding carboxylic acids is 1. The van der Waals surface area contributed by atoms with E-state index in [4.69, 9.17) is 10.5 Å². The quantitative estimate of drug-likeness (QED) is 0.776. The van der Waals surface area contributed by atoms with Gasteiger partial charge in [-0.05, 0) is 19.1 Å². The number of rotatable bonds is 6. The Labute approximate surface area is 107 Å². The molecule has 1 amide bonds. The highest BCUT2D eigenvalue weighted by Crippen LogP contribution is 2.22. The molecule has 0 fully saturated rings. The largest absolute Gasteiger partial charge is 0.476 e. The minimum atomic E-state index is 0.00215. The molecule has 18 heavy (non-hydrogen) atoms. The second-order valence-electron chi connectivity index (χ2n) is 3.84. The molecule has 3 N–H and O–H groups in total. The zero-order valence-corrected chi connectivity index (χ0v) is 11.1. The molecule has 0 radical (unpaired) electrons. The number of hydrogen-bond donors (Lipinski definition) is 2. The molecule has 0 bridgehead atoms. The Morgan fingerprint density at radius 1 is 1.56 bits per heavy atom. The van der Waals surface area contributed by atoms with E-state index in [1.807, 2.05) is 24.9 Å². The van der Waals surface area contributed by atoms with Gasteiger partial charge in [-0.1, -0.05) is 0 Å². The van der Waals surface area contributed by atoms with Gasteiger partial charge in [0.2, 0.25) is 11.8 Å². The summed E-state index contributed by atoms with van der Waals surface area (Å²) in [4.78, 5) is 17.4. The van der Waals surface area contributed by atoms with Gasteiger partial charge in [0.25, 0.3) is 0 Å². The van der Waals surface area contributed by atoms with Gasteiger partial charge in [-0.3, -0.25) is 4.79 Å². The maximum atomic E-state index is 11.2. The fraction of sp³-hybridized carbons (Fsp3) is 0.500. The Hall–Kier alpha value is -1.98. The van der Waals surface area contributed by atoms with Gasteiger partial charge in [0.15, 0.2) is 0 Å². The number of aromatic nitrogens is 1. The number of ether oxygens (including phenoxy) is 1. The highest BCUT2D eigenvalue weighted by atomic mass is 16.5. The third-order valence-electron chi connectivity index (χ3n) is 2.50. The fourth-order valence-electron chi connectivity index (χ4n) is 1.42. The molecule has 0 saturated heterocycles. The van der Waals surface area contributed by atoms with Crippen molar-refractivity contribution in [2.45, 2.75) is 13.3 Å². The average molecular weight is 252 g/mol. The van der Waals surface area contributed by atoms with Gasteiger partial charge in [0.05, 0.1) is 12.3 Å². The van der Waals surface area contributed by atoms with Crippen LogP contribution in [0.3, 0.4) is 0 Å². The number of nitrogens with zero attached hydrogens (tertiary/aromatic N) is 2. The molecule has 0 aliphatic rings. The summed E-state index contributed by atoms with van der Waals surface area (Å²) in [5, 5.41) is 2.58. The molecular weight excluding hydrogens is 232 g/mol. The van der Waals surface area contributed by atoms with Crippen molar-refractivity contribution in [3.8, 4) is 5.88 Å². The molecule has 100 valence electrons. The van der Waals surface area contributed by atoms with Crippen molar-refractivity contribution in [2.24, 2.45) is 0 Å². The first kappa shape index (κ1) is 14.1. The van der Waals surface area contributed by atoms with Crippen LogP contribution in [0.5, 0.6) is 5.88 Å². The molecule has 0 spiro atoms. The van der Waals surface area contributed by atoms with Gasteiger partial charge in [-0.25, -0.2) is 0 Å². The van der Waals surface area contributed by atoms with Crippen molar-refractivity contribution in [3.63, 3.8) is 0 Å². The summed E-state index contributed by atoms with van der Waals surface area (Å²) in [5.74, 6) is 1.17. The Bertz CT molecular complexity index is 409. The van der Waals surface area contributed by atoms with Crippen LogP contribution in [-0.4, -0.2) is 38.1 Å². The topological polar surface area (TPSA) is 80.5 Å². The lowest BCUT2D eigenvalue weighted by Gasteiger charge is -2.18. The van der Waals surface area contributed by atoms with Gasteiger partial charge in [0.1, 0.15) is 5.82 Å². The molecule has 0 aliphatic heterocycles. The molecule has 0 atom stereocenters. The second kappa shape index (κ2) is 6.68. The van der Waals surface area contributed by atoms with Crippen molar-refractivity contribution in [2.75, 3.05) is 37.9 Å². The molecule has 1 aromatic rings. The minimum Gasteiger partial charge on any atom is -0.476 e. The lowest BCUT2D eigenvalue weighted by atomic mass is 10.3. The Morgan fingerprint density at radius 2 is 2.28 bits per heavy atom. The SMILES string of the molecule is CCOc1nc(N(C)CCC(=O)NC)ccc1N. The van der Waals surface area contributed by atoms with Crippen molar-refractivity contribution < 1.29 is 9.53 Å². The van der Waals surface area contributed by atoms with E-state index >= 15 is 0 Å².